The van der Waals surface area contributed by atoms with E-state index in [-0.39, 0.29) is 18.2 Å². The number of nitrogens with one attached hydrogen (secondary N) is 2. The maximum absolute atomic E-state index is 13.2. The first-order valence-corrected chi connectivity index (χ1v) is 5.84. The highest BCUT2D eigenvalue weighted by molar-refractivity contribution is 5.91. The number of anilines is 1. The van der Waals surface area contributed by atoms with Crippen molar-refractivity contribution in [2.24, 2.45) is 0 Å². The minimum Gasteiger partial charge on any atom is -0.380 e. The quantitative estimate of drug-likeness (QED) is 0.878. The van der Waals surface area contributed by atoms with Crippen molar-refractivity contribution in [2.45, 2.75) is 12.5 Å². The van der Waals surface area contributed by atoms with E-state index in [1.807, 2.05) is 18.2 Å². The summed E-state index contributed by atoms with van der Waals surface area (Å²) in [5.41, 5.74) is 1.78. The van der Waals surface area contributed by atoms with Crippen molar-refractivity contribution in [2.75, 3.05) is 18.4 Å². The van der Waals surface area contributed by atoms with Crippen molar-refractivity contribution in [1.82, 2.24) is 10.3 Å². The third-order valence-corrected chi connectivity index (χ3v) is 3.11. The predicted octanol–water partition coefficient (Wildman–Crippen LogP) is 2.57. The summed E-state index contributed by atoms with van der Waals surface area (Å²) in [6.07, 6.45) is 2.35. The molecule has 1 aliphatic rings. The number of fused-ring (bicyclic) bond motifs is 1. The van der Waals surface area contributed by atoms with Gasteiger partial charge in [-0.15, -0.1) is 12.4 Å². The van der Waals surface area contributed by atoms with Gasteiger partial charge in [0, 0.05) is 23.7 Å². The first kappa shape index (κ1) is 13.1. The molecule has 0 unspecified atom stereocenters. The molecule has 0 bridgehead atoms. The Morgan fingerprint density at radius 1 is 1.39 bits per heavy atom. The van der Waals surface area contributed by atoms with Crippen molar-refractivity contribution in [3.8, 4) is 0 Å². The Labute approximate surface area is 111 Å². The number of aromatic nitrogens is 1. The van der Waals surface area contributed by atoms with Crippen LogP contribution in [0.4, 0.5) is 10.1 Å². The van der Waals surface area contributed by atoms with E-state index in [0.29, 0.717) is 6.04 Å². The number of hydrogen-bond acceptors (Lipinski definition) is 3. The fourth-order valence-corrected chi connectivity index (χ4v) is 2.25. The van der Waals surface area contributed by atoms with Crippen LogP contribution in [-0.4, -0.2) is 24.1 Å². The second-order valence-electron chi connectivity index (χ2n) is 4.36. The van der Waals surface area contributed by atoms with Gasteiger partial charge in [0.05, 0.1) is 11.7 Å². The Balaban J connectivity index is 0.00000120. The Morgan fingerprint density at radius 3 is 3.06 bits per heavy atom. The SMILES string of the molecule is Cl.Fc1cnc2cccc(N[C@@H]3CCNC3)c2c1. The van der Waals surface area contributed by atoms with Gasteiger partial charge in [-0.3, -0.25) is 4.98 Å². The number of pyridine rings is 1. The van der Waals surface area contributed by atoms with Crippen LogP contribution in [-0.2, 0) is 0 Å². The zero-order chi connectivity index (χ0) is 11.7. The molecule has 1 atom stereocenters. The smallest absolute Gasteiger partial charge is 0.142 e. The first-order valence-electron chi connectivity index (χ1n) is 5.84. The maximum atomic E-state index is 13.2. The highest BCUT2D eigenvalue weighted by atomic mass is 35.5. The molecule has 18 heavy (non-hydrogen) atoms. The van der Waals surface area contributed by atoms with Gasteiger partial charge < -0.3 is 10.6 Å². The normalized spacial score (nSPS) is 18.6. The predicted molar refractivity (Wildman–Crippen MR) is 73.8 cm³/mol. The van der Waals surface area contributed by atoms with Crippen molar-refractivity contribution < 1.29 is 4.39 Å². The number of halogens is 2. The molecule has 3 nitrogen and oxygen atoms in total. The van der Waals surface area contributed by atoms with Gasteiger partial charge in [0.15, 0.2) is 0 Å². The fraction of sp³-hybridized carbons (Fsp3) is 0.308. The largest absolute Gasteiger partial charge is 0.380 e. The minimum absolute atomic E-state index is 0. The van der Waals surface area contributed by atoms with Crippen LogP contribution in [0.25, 0.3) is 10.9 Å². The average Bonchev–Trinajstić information content (AvgIpc) is 2.83. The Bertz CT molecular complexity index is 541. The highest BCUT2D eigenvalue weighted by Crippen LogP contribution is 2.23. The number of hydrogen-bond donors (Lipinski definition) is 2. The van der Waals surface area contributed by atoms with Gasteiger partial charge in [-0.2, -0.15) is 0 Å². The molecule has 5 heteroatoms. The van der Waals surface area contributed by atoms with Crippen LogP contribution in [0.2, 0.25) is 0 Å². The van der Waals surface area contributed by atoms with Crippen LogP contribution in [0.5, 0.6) is 0 Å². The topological polar surface area (TPSA) is 37.0 Å². The molecule has 2 aromatic rings. The van der Waals surface area contributed by atoms with Crippen LogP contribution in [0.1, 0.15) is 6.42 Å². The zero-order valence-electron chi connectivity index (χ0n) is 9.82. The third kappa shape index (κ3) is 2.54. The van der Waals surface area contributed by atoms with E-state index in [4.69, 9.17) is 0 Å². The van der Waals surface area contributed by atoms with Gasteiger partial charge in [-0.25, -0.2) is 4.39 Å². The van der Waals surface area contributed by atoms with E-state index in [1.165, 1.54) is 12.3 Å². The van der Waals surface area contributed by atoms with E-state index in [2.05, 4.69) is 15.6 Å². The monoisotopic (exact) mass is 267 g/mol. The molecular formula is C13H15ClFN3. The summed E-state index contributed by atoms with van der Waals surface area (Å²) >= 11 is 0. The van der Waals surface area contributed by atoms with Crippen LogP contribution in [0.3, 0.4) is 0 Å². The lowest BCUT2D eigenvalue weighted by molar-refractivity contribution is 0.624. The molecular weight excluding hydrogens is 253 g/mol. The standard InChI is InChI=1S/C13H14FN3.ClH/c14-9-6-11-12(16-7-9)2-1-3-13(11)17-10-4-5-15-8-10;/h1-3,6-7,10,15,17H,4-5,8H2;1H/t10-;/m1./s1. The zero-order valence-corrected chi connectivity index (χ0v) is 10.6. The van der Waals surface area contributed by atoms with Gasteiger partial charge in [0.1, 0.15) is 5.82 Å². The van der Waals surface area contributed by atoms with Crippen molar-refractivity contribution in [3.05, 3.63) is 36.3 Å². The van der Waals surface area contributed by atoms with Gasteiger partial charge in [0.2, 0.25) is 0 Å². The molecule has 1 aliphatic heterocycles. The summed E-state index contributed by atoms with van der Waals surface area (Å²) in [6, 6.07) is 7.77. The highest BCUT2D eigenvalue weighted by Gasteiger charge is 2.15. The second kappa shape index (κ2) is 5.50. The number of nitrogens with zero attached hydrogens (tertiary/aromatic N) is 1. The van der Waals surface area contributed by atoms with Gasteiger partial charge in [-0.05, 0) is 31.2 Å². The molecule has 2 N–H and O–H groups in total. The average molecular weight is 268 g/mol. The first-order chi connectivity index (χ1) is 8.33. The lowest BCUT2D eigenvalue weighted by Gasteiger charge is -2.14. The Hall–Kier alpha value is -1.39. The van der Waals surface area contributed by atoms with Gasteiger partial charge in [0.25, 0.3) is 0 Å². The molecule has 1 fully saturated rings. The van der Waals surface area contributed by atoms with Gasteiger partial charge >= 0.3 is 0 Å². The lowest BCUT2D eigenvalue weighted by Crippen LogP contribution is -2.22. The van der Waals surface area contributed by atoms with Crippen molar-refractivity contribution in [3.63, 3.8) is 0 Å². The summed E-state index contributed by atoms with van der Waals surface area (Å²) < 4.78 is 13.2. The molecule has 0 amide bonds. The van der Waals surface area contributed by atoms with E-state index in [9.17, 15) is 4.39 Å². The van der Waals surface area contributed by atoms with Crippen molar-refractivity contribution >= 4 is 29.0 Å². The molecule has 3 rings (SSSR count). The summed E-state index contributed by atoms with van der Waals surface area (Å²) in [5, 5.41) is 7.59. The summed E-state index contributed by atoms with van der Waals surface area (Å²) in [4.78, 5) is 4.09. The molecule has 0 aliphatic carbocycles. The molecule has 0 radical (unpaired) electrons. The van der Waals surface area contributed by atoms with E-state index >= 15 is 0 Å². The number of rotatable bonds is 2. The lowest BCUT2D eigenvalue weighted by atomic mass is 10.1. The van der Waals surface area contributed by atoms with Crippen molar-refractivity contribution in [1.29, 1.82) is 0 Å². The third-order valence-electron chi connectivity index (χ3n) is 3.11. The minimum atomic E-state index is -0.295. The molecule has 0 saturated carbocycles. The van der Waals surface area contributed by atoms with Crippen LogP contribution in [0.15, 0.2) is 30.5 Å². The Kier molecular flexibility index (Phi) is 3.99. The van der Waals surface area contributed by atoms with Gasteiger partial charge in [-0.1, -0.05) is 6.07 Å². The molecule has 1 aromatic carbocycles. The van der Waals surface area contributed by atoms with E-state index < -0.39 is 0 Å². The molecule has 0 spiro atoms. The molecule has 2 heterocycles. The Morgan fingerprint density at radius 2 is 2.28 bits per heavy atom. The summed E-state index contributed by atoms with van der Waals surface area (Å²) in [6.45, 7) is 1.99. The van der Waals surface area contributed by atoms with E-state index in [1.54, 1.807) is 0 Å². The van der Waals surface area contributed by atoms with E-state index in [0.717, 1.165) is 36.1 Å². The molecule has 1 saturated heterocycles. The summed E-state index contributed by atoms with van der Waals surface area (Å²) in [7, 11) is 0. The summed E-state index contributed by atoms with van der Waals surface area (Å²) in [5.74, 6) is -0.295. The fourth-order valence-electron chi connectivity index (χ4n) is 2.25. The van der Waals surface area contributed by atoms with Crippen LogP contribution < -0.4 is 10.6 Å². The number of benzene rings is 1. The second-order valence-corrected chi connectivity index (χ2v) is 4.36. The van der Waals surface area contributed by atoms with Crippen LogP contribution in [0, 0.1) is 5.82 Å². The molecule has 1 aromatic heterocycles. The molecule has 96 valence electrons. The maximum Gasteiger partial charge on any atom is 0.142 e. The van der Waals surface area contributed by atoms with Crippen LogP contribution >= 0.6 is 12.4 Å².